The van der Waals surface area contributed by atoms with E-state index in [-0.39, 0.29) is 5.41 Å². The van der Waals surface area contributed by atoms with Gasteiger partial charge in [-0.3, -0.25) is 9.47 Å². The van der Waals surface area contributed by atoms with Gasteiger partial charge in [0.25, 0.3) is 0 Å². The highest BCUT2D eigenvalue weighted by molar-refractivity contribution is 6.09. The van der Waals surface area contributed by atoms with Gasteiger partial charge >= 0.3 is 0 Å². The quantitative estimate of drug-likeness (QED) is 0.180. The van der Waals surface area contributed by atoms with Crippen LogP contribution in [-0.2, 0) is 5.41 Å². The monoisotopic (exact) mass is 644 g/mol. The van der Waals surface area contributed by atoms with E-state index in [9.17, 15) is 0 Å². The van der Waals surface area contributed by atoms with Crippen LogP contribution in [0.25, 0.3) is 27.6 Å². The number of para-hydroxylation sites is 1. The number of benzene rings is 3. The molecule has 7 heteroatoms. The molecule has 49 heavy (non-hydrogen) atoms. The molecule has 0 spiro atoms. The predicted molar refractivity (Wildman–Crippen MR) is 200 cm³/mol. The van der Waals surface area contributed by atoms with Crippen LogP contribution in [0, 0.1) is 6.92 Å². The Morgan fingerprint density at radius 3 is 2.33 bits per heavy atom. The van der Waals surface area contributed by atoms with Gasteiger partial charge in [-0.25, -0.2) is 15.0 Å². The van der Waals surface area contributed by atoms with Gasteiger partial charge in [-0.05, 0) is 89.5 Å². The molecule has 5 heterocycles. The van der Waals surface area contributed by atoms with Crippen molar-refractivity contribution < 1.29 is 4.74 Å². The third-order valence-corrected chi connectivity index (χ3v) is 9.44. The Morgan fingerprint density at radius 1 is 0.694 bits per heavy atom. The van der Waals surface area contributed by atoms with Crippen LogP contribution in [0.15, 0.2) is 116 Å². The number of aryl methyl sites for hydroxylation is 1. The van der Waals surface area contributed by atoms with E-state index in [1.807, 2.05) is 36.8 Å². The summed E-state index contributed by atoms with van der Waals surface area (Å²) in [7, 11) is 0. The normalized spacial score (nSPS) is 13.1. The highest BCUT2D eigenvalue weighted by Crippen LogP contribution is 2.44. The maximum atomic E-state index is 6.60. The number of hydrogen-bond acceptors (Lipinski definition) is 6. The Hall–Kier alpha value is -5.69. The van der Waals surface area contributed by atoms with E-state index in [2.05, 4.69) is 135 Å². The van der Waals surface area contributed by atoms with Gasteiger partial charge in [0.15, 0.2) is 5.82 Å². The molecule has 0 unspecified atom stereocenters. The number of hydrogen-bond donors (Lipinski definition) is 0. The topological polar surface area (TPSA) is 59.3 Å². The van der Waals surface area contributed by atoms with E-state index >= 15 is 0 Å². The van der Waals surface area contributed by atoms with Crippen LogP contribution < -0.4 is 14.5 Å². The van der Waals surface area contributed by atoms with E-state index in [1.54, 1.807) is 0 Å². The molecule has 0 atom stereocenters. The lowest BCUT2D eigenvalue weighted by atomic mass is 9.88. The van der Waals surface area contributed by atoms with Crippen molar-refractivity contribution in [2.24, 2.45) is 0 Å². The fourth-order valence-electron chi connectivity index (χ4n) is 6.79. The number of fused-ring (bicyclic) bond motifs is 4. The van der Waals surface area contributed by atoms with E-state index in [0.29, 0.717) is 12.6 Å². The standard InChI is InChI=1S/C42H40N6O/c1-27(2)29-21-28(3)40(45-25-29)47-26-46(37-15-10-19-44-41(37)47)31-11-9-12-32(23-31)49-33-16-17-35-34-13-7-8-14-36(34)48(38(35)24-33)39-22-30(18-20-43-39)42(4,5)6/h7-25,27H,26H2,1-6H3. The van der Waals surface area contributed by atoms with E-state index in [4.69, 9.17) is 19.7 Å². The van der Waals surface area contributed by atoms with Crippen LogP contribution >= 0.6 is 0 Å². The summed E-state index contributed by atoms with van der Waals surface area (Å²) >= 11 is 0. The first-order valence-electron chi connectivity index (χ1n) is 16.9. The Balaban J connectivity index is 1.15. The molecule has 0 N–H and O–H groups in total. The molecule has 7 nitrogen and oxygen atoms in total. The molecule has 0 amide bonds. The first-order chi connectivity index (χ1) is 23.7. The van der Waals surface area contributed by atoms with Gasteiger partial charge in [-0.1, -0.05) is 65.0 Å². The van der Waals surface area contributed by atoms with Crippen molar-refractivity contribution in [3.05, 3.63) is 132 Å². The zero-order valence-electron chi connectivity index (χ0n) is 28.8. The van der Waals surface area contributed by atoms with Crippen molar-refractivity contribution in [3.63, 3.8) is 0 Å². The number of aromatic nitrogens is 4. The third kappa shape index (κ3) is 5.45. The summed E-state index contributed by atoms with van der Waals surface area (Å²) in [5.41, 5.74) is 7.83. The van der Waals surface area contributed by atoms with Crippen molar-refractivity contribution >= 4 is 44.8 Å². The minimum absolute atomic E-state index is 0.00637. The van der Waals surface area contributed by atoms with Crippen molar-refractivity contribution in [2.75, 3.05) is 16.5 Å². The molecular formula is C42H40N6O. The van der Waals surface area contributed by atoms with Crippen molar-refractivity contribution in [1.82, 2.24) is 19.5 Å². The average molecular weight is 645 g/mol. The largest absolute Gasteiger partial charge is 0.457 e. The molecule has 7 aromatic rings. The van der Waals surface area contributed by atoms with Gasteiger partial charge in [0.2, 0.25) is 0 Å². The zero-order chi connectivity index (χ0) is 33.9. The number of nitrogens with zero attached hydrogens (tertiary/aromatic N) is 6. The molecule has 0 bridgehead atoms. The molecular weight excluding hydrogens is 605 g/mol. The molecule has 3 aromatic carbocycles. The SMILES string of the molecule is Cc1cc(C(C)C)cnc1N1CN(c2cccc(Oc3ccc4c5ccccc5n(-c5cc(C(C)(C)C)ccn5)c4c3)c2)c2cccnc21. The van der Waals surface area contributed by atoms with Crippen molar-refractivity contribution in [2.45, 2.75) is 52.9 Å². The molecule has 1 aliphatic heterocycles. The van der Waals surface area contributed by atoms with Gasteiger partial charge in [0.1, 0.15) is 29.8 Å². The summed E-state index contributed by atoms with van der Waals surface area (Å²) < 4.78 is 8.85. The zero-order valence-corrected chi connectivity index (χ0v) is 28.8. The van der Waals surface area contributed by atoms with Crippen LogP contribution in [0.5, 0.6) is 11.5 Å². The number of anilines is 4. The van der Waals surface area contributed by atoms with Gasteiger partial charge in [-0.2, -0.15) is 0 Å². The van der Waals surface area contributed by atoms with Crippen LogP contribution in [0.1, 0.15) is 57.2 Å². The minimum atomic E-state index is 0.00637. The Morgan fingerprint density at radius 2 is 1.51 bits per heavy atom. The van der Waals surface area contributed by atoms with E-state index < -0.39 is 0 Å². The lowest BCUT2D eigenvalue weighted by Crippen LogP contribution is -2.25. The van der Waals surface area contributed by atoms with Crippen LogP contribution in [0.4, 0.5) is 23.0 Å². The summed E-state index contributed by atoms with van der Waals surface area (Å²) in [6, 6.07) is 33.7. The molecule has 1 aliphatic rings. The Kier molecular flexibility index (Phi) is 7.36. The summed E-state index contributed by atoms with van der Waals surface area (Å²) in [6.45, 7) is 13.8. The Labute approximate surface area is 287 Å². The first-order valence-corrected chi connectivity index (χ1v) is 16.9. The second-order valence-corrected chi connectivity index (χ2v) is 14.2. The van der Waals surface area contributed by atoms with Crippen LogP contribution in [0.3, 0.4) is 0 Å². The Bertz CT molecular complexity index is 2350. The van der Waals surface area contributed by atoms with Gasteiger partial charge < -0.3 is 9.64 Å². The molecule has 8 rings (SSSR count). The smallest absolute Gasteiger partial charge is 0.159 e. The van der Waals surface area contributed by atoms with Gasteiger partial charge in [-0.15, -0.1) is 0 Å². The second kappa shape index (κ2) is 11.8. The maximum absolute atomic E-state index is 6.60. The van der Waals surface area contributed by atoms with E-state index in [1.165, 1.54) is 16.5 Å². The van der Waals surface area contributed by atoms with E-state index in [0.717, 1.165) is 62.3 Å². The summed E-state index contributed by atoms with van der Waals surface area (Å²) in [5, 5.41) is 2.34. The third-order valence-electron chi connectivity index (χ3n) is 9.44. The highest BCUT2D eigenvalue weighted by atomic mass is 16.5. The van der Waals surface area contributed by atoms with Crippen molar-refractivity contribution in [1.29, 1.82) is 0 Å². The predicted octanol–water partition coefficient (Wildman–Crippen LogP) is 10.7. The highest BCUT2D eigenvalue weighted by Gasteiger charge is 2.31. The number of rotatable bonds is 6. The number of ether oxygens (including phenoxy) is 1. The molecule has 0 radical (unpaired) electrons. The molecule has 0 saturated heterocycles. The second-order valence-electron chi connectivity index (χ2n) is 14.2. The summed E-state index contributed by atoms with van der Waals surface area (Å²) in [6.07, 6.45) is 5.74. The summed E-state index contributed by atoms with van der Waals surface area (Å²) in [5.74, 6) is 4.65. The van der Waals surface area contributed by atoms with Crippen LogP contribution in [0.2, 0.25) is 0 Å². The maximum Gasteiger partial charge on any atom is 0.159 e. The molecule has 0 fully saturated rings. The number of pyridine rings is 3. The average Bonchev–Trinajstić information content (AvgIpc) is 3.64. The fourth-order valence-corrected chi connectivity index (χ4v) is 6.79. The lowest BCUT2D eigenvalue weighted by molar-refractivity contribution is 0.483. The molecule has 4 aromatic heterocycles. The van der Waals surface area contributed by atoms with Crippen LogP contribution in [-0.4, -0.2) is 26.2 Å². The minimum Gasteiger partial charge on any atom is -0.457 e. The molecule has 0 saturated carbocycles. The molecule has 0 aliphatic carbocycles. The lowest BCUT2D eigenvalue weighted by Gasteiger charge is -2.23. The first kappa shape index (κ1) is 30.6. The fraction of sp³-hybridized carbons (Fsp3) is 0.214. The summed E-state index contributed by atoms with van der Waals surface area (Å²) in [4.78, 5) is 19.0. The van der Waals surface area contributed by atoms with Gasteiger partial charge in [0, 0.05) is 47.2 Å². The van der Waals surface area contributed by atoms with Gasteiger partial charge in [0.05, 0.1) is 16.7 Å². The molecule has 244 valence electrons. The van der Waals surface area contributed by atoms with Crippen molar-refractivity contribution in [3.8, 4) is 17.3 Å².